The summed E-state index contributed by atoms with van der Waals surface area (Å²) in [4.78, 5) is 0. The second kappa shape index (κ2) is 4.84. The van der Waals surface area contributed by atoms with Crippen LogP contribution in [0.3, 0.4) is 0 Å². The predicted molar refractivity (Wildman–Crippen MR) is 62.5 cm³/mol. The van der Waals surface area contributed by atoms with Crippen molar-refractivity contribution in [1.29, 1.82) is 0 Å². The van der Waals surface area contributed by atoms with Crippen LogP contribution in [0.15, 0.2) is 12.3 Å². The number of rotatable bonds is 5. The van der Waals surface area contributed by atoms with E-state index in [4.69, 9.17) is 0 Å². The first-order valence-electron chi connectivity index (χ1n) is 4.78. The van der Waals surface area contributed by atoms with Crippen molar-refractivity contribution in [3.63, 3.8) is 0 Å². The van der Waals surface area contributed by atoms with Crippen LogP contribution in [0.4, 0.5) is 0 Å². The van der Waals surface area contributed by atoms with E-state index < -0.39 is 0 Å². The average Bonchev–Trinajstić information content (AvgIpc) is 2.51. The van der Waals surface area contributed by atoms with Gasteiger partial charge in [-0.25, -0.2) is 0 Å². The lowest BCUT2D eigenvalue weighted by Crippen LogP contribution is -2.31. The molecule has 1 aromatic rings. The van der Waals surface area contributed by atoms with Crippen LogP contribution in [-0.4, -0.2) is 27.3 Å². The van der Waals surface area contributed by atoms with E-state index in [1.807, 2.05) is 35.8 Å². The van der Waals surface area contributed by atoms with Gasteiger partial charge in [0.25, 0.3) is 0 Å². The van der Waals surface area contributed by atoms with Gasteiger partial charge in [-0.15, -0.1) is 0 Å². The number of hydrogen-bond donors (Lipinski definition) is 1. The van der Waals surface area contributed by atoms with Gasteiger partial charge in [-0.05, 0) is 26.2 Å². The third kappa shape index (κ3) is 3.72. The summed E-state index contributed by atoms with van der Waals surface area (Å²) >= 11 is 1.88. The highest BCUT2D eigenvalue weighted by Crippen LogP contribution is 2.19. The lowest BCUT2D eigenvalue weighted by Gasteiger charge is -2.21. The third-order valence-electron chi connectivity index (χ3n) is 2.18. The molecule has 0 fully saturated rings. The summed E-state index contributed by atoms with van der Waals surface area (Å²) in [5.74, 6) is 0. The van der Waals surface area contributed by atoms with Crippen LogP contribution < -0.4 is 5.32 Å². The Morgan fingerprint density at radius 1 is 1.57 bits per heavy atom. The van der Waals surface area contributed by atoms with Gasteiger partial charge in [-0.2, -0.15) is 16.9 Å². The Bertz CT molecular complexity index is 281. The molecule has 0 aromatic carbocycles. The molecule has 0 bridgehead atoms. The number of aromatic nitrogens is 2. The maximum Gasteiger partial charge on any atom is 0.0762 e. The number of thioether (sulfide) groups is 1. The van der Waals surface area contributed by atoms with E-state index in [1.54, 1.807) is 0 Å². The molecular formula is C10H19N3S. The first kappa shape index (κ1) is 11.6. The molecule has 0 unspecified atom stereocenters. The molecule has 0 spiro atoms. The second-order valence-corrected chi connectivity index (χ2v) is 5.56. The molecule has 0 saturated heterocycles. The molecule has 4 heteroatoms. The van der Waals surface area contributed by atoms with E-state index >= 15 is 0 Å². The minimum absolute atomic E-state index is 0.300. The van der Waals surface area contributed by atoms with Gasteiger partial charge in [0.1, 0.15) is 0 Å². The first-order chi connectivity index (χ1) is 6.53. The first-order valence-corrected chi connectivity index (χ1v) is 6.00. The molecule has 14 heavy (non-hydrogen) atoms. The molecule has 0 saturated carbocycles. The molecule has 0 aliphatic heterocycles. The summed E-state index contributed by atoms with van der Waals surface area (Å²) in [6.07, 6.45) is 4.11. The predicted octanol–water partition coefficient (Wildman–Crippen LogP) is 1.65. The van der Waals surface area contributed by atoms with Crippen LogP contribution >= 0.6 is 11.8 Å². The summed E-state index contributed by atoms with van der Waals surface area (Å²) in [6.45, 7) is 6.34. The number of nitrogens with zero attached hydrogens (tertiary/aromatic N) is 2. The van der Waals surface area contributed by atoms with Crippen molar-refractivity contribution < 1.29 is 0 Å². The fourth-order valence-electron chi connectivity index (χ4n) is 1.12. The van der Waals surface area contributed by atoms with Crippen LogP contribution in [-0.2, 0) is 13.6 Å². The van der Waals surface area contributed by atoms with Gasteiger partial charge in [0, 0.05) is 31.1 Å². The largest absolute Gasteiger partial charge is 0.310 e. The Morgan fingerprint density at radius 2 is 2.29 bits per heavy atom. The highest BCUT2D eigenvalue weighted by atomic mass is 32.2. The van der Waals surface area contributed by atoms with Gasteiger partial charge in [-0.3, -0.25) is 4.68 Å². The van der Waals surface area contributed by atoms with E-state index in [2.05, 4.69) is 30.5 Å². The zero-order valence-electron chi connectivity index (χ0n) is 9.37. The molecule has 3 nitrogen and oxygen atoms in total. The van der Waals surface area contributed by atoms with Crippen molar-refractivity contribution in [3.05, 3.63) is 18.0 Å². The van der Waals surface area contributed by atoms with Gasteiger partial charge in [-0.1, -0.05) is 0 Å². The molecule has 1 rings (SSSR count). The molecule has 0 aliphatic rings. The SMILES string of the molecule is CSC(C)(C)CNCc1ccn(C)n1. The molecule has 0 amide bonds. The minimum atomic E-state index is 0.300. The zero-order chi connectivity index (χ0) is 10.6. The molecule has 1 aromatic heterocycles. The van der Waals surface area contributed by atoms with E-state index in [9.17, 15) is 0 Å². The summed E-state index contributed by atoms with van der Waals surface area (Å²) in [7, 11) is 1.94. The topological polar surface area (TPSA) is 29.9 Å². The maximum atomic E-state index is 4.30. The van der Waals surface area contributed by atoms with Crippen LogP contribution in [0.5, 0.6) is 0 Å². The molecule has 80 valence electrons. The fourth-order valence-corrected chi connectivity index (χ4v) is 1.37. The summed E-state index contributed by atoms with van der Waals surface area (Å²) in [6, 6.07) is 2.04. The van der Waals surface area contributed by atoms with Crippen molar-refractivity contribution in [1.82, 2.24) is 15.1 Å². The van der Waals surface area contributed by atoms with Crippen molar-refractivity contribution in [2.75, 3.05) is 12.8 Å². The van der Waals surface area contributed by atoms with Gasteiger partial charge in [0.05, 0.1) is 5.69 Å². The Labute approximate surface area is 90.3 Å². The van der Waals surface area contributed by atoms with E-state index in [0.29, 0.717) is 4.75 Å². The molecule has 1 heterocycles. The quantitative estimate of drug-likeness (QED) is 0.806. The van der Waals surface area contributed by atoms with Gasteiger partial charge in [0.2, 0.25) is 0 Å². The van der Waals surface area contributed by atoms with Crippen molar-refractivity contribution >= 4 is 11.8 Å². The molecule has 0 atom stereocenters. The van der Waals surface area contributed by atoms with Crippen LogP contribution in [0.2, 0.25) is 0 Å². The highest BCUT2D eigenvalue weighted by Gasteiger charge is 2.14. The van der Waals surface area contributed by atoms with E-state index in [1.165, 1.54) is 0 Å². The Hall–Kier alpha value is -0.480. The fraction of sp³-hybridized carbons (Fsp3) is 0.700. The molecule has 0 radical (unpaired) electrons. The van der Waals surface area contributed by atoms with Gasteiger partial charge >= 0.3 is 0 Å². The smallest absolute Gasteiger partial charge is 0.0762 e. The second-order valence-electron chi connectivity index (χ2n) is 4.05. The third-order valence-corrected chi connectivity index (χ3v) is 3.43. The Kier molecular flexibility index (Phi) is 4.01. The van der Waals surface area contributed by atoms with Crippen molar-refractivity contribution in [2.24, 2.45) is 7.05 Å². The molecule has 0 aliphatic carbocycles. The van der Waals surface area contributed by atoms with Crippen molar-refractivity contribution in [2.45, 2.75) is 25.1 Å². The summed E-state index contributed by atoms with van der Waals surface area (Å²) < 4.78 is 2.13. The highest BCUT2D eigenvalue weighted by molar-refractivity contribution is 7.99. The minimum Gasteiger partial charge on any atom is -0.310 e. The Balaban J connectivity index is 2.28. The number of hydrogen-bond acceptors (Lipinski definition) is 3. The maximum absolute atomic E-state index is 4.30. The lowest BCUT2D eigenvalue weighted by atomic mass is 10.2. The molecule has 1 N–H and O–H groups in total. The van der Waals surface area contributed by atoms with Gasteiger partial charge < -0.3 is 5.32 Å². The van der Waals surface area contributed by atoms with Gasteiger partial charge in [0.15, 0.2) is 0 Å². The summed E-state index contributed by atoms with van der Waals surface area (Å²) in [5.41, 5.74) is 1.10. The lowest BCUT2D eigenvalue weighted by molar-refractivity contribution is 0.580. The number of aryl methyl sites for hydroxylation is 1. The van der Waals surface area contributed by atoms with Crippen LogP contribution in [0.1, 0.15) is 19.5 Å². The average molecular weight is 213 g/mol. The van der Waals surface area contributed by atoms with Crippen LogP contribution in [0, 0.1) is 0 Å². The summed E-state index contributed by atoms with van der Waals surface area (Å²) in [5, 5.41) is 7.71. The monoisotopic (exact) mass is 213 g/mol. The standard InChI is InChI=1S/C10H19N3S/c1-10(2,14-4)8-11-7-9-5-6-13(3)12-9/h5-6,11H,7-8H2,1-4H3. The normalized spacial score (nSPS) is 12.0. The zero-order valence-corrected chi connectivity index (χ0v) is 10.2. The van der Waals surface area contributed by atoms with E-state index in [-0.39, 0.29) is 0 Å². The Morgan fingerprint density at radius 3 is 2.79 bits per heavy atom. The molecular weight excluding hydrogens is 194 g/mol. The number of nitrogens with one attached hydrogen (secondary N) is 1. The van der Waals surface area contributed by atoms with Crippen LogP contribution in [0.25, 0.3) is 0 Å². The van der Waals surface area contributed by atoms with E-state index in [0.717, 1.165) is 18.8 Å². The van der Waals surface area contributed by atoms with Crippen molar-refractivity contribution in [3.8, 4) is 0 Å².